The Bertz CT molecular complexity index is 8170. The molecule has 16 aromatic carbocycles. The van der Waals surface area contributed by atoms with E-state index in [9.17, 15) is 19.2 Å². The number of rotatable bonds is 9. The largest absolute Gasteiger partial charge is 0.452 e. The van der Waals surface area contributed by atoms with Gasteiger partial charge in [0.05, 0.1) is 78.9 Å². The number of hydrogen-bond acceptors (Lipinski definition) is 3. The minimum Gasteiger partial charge on any atom is -0.452 e. The summed E-state index contributed by atoms with van der Waals surface area (Å²) >= 11 is 0. The summed E-state index contributed by atoms with van der Waals surface area (Å²) in [5.74, 6) is 0. The third kappa shape index (κ3) is 9.20. The lowest BCUT2D eigenvalue weighted by Crippen LogP contribution is -2.61. The molecule has 6 nitrogen and oxygen atoms in total. The van der Waals surface area contributed by atoms with Gasteiger partial charge in [0.2, 0.25) is 0 Å². The Kier molecular flexibility index (Phi) is 9.53. The second-order valence-corrected chi connectivity index (χ2v) is 28.3. The van der Waals surface area contributed by atoms with Gasteiger partial charge in [-0.05, 0) is 170 Å². The SMILES string of the molecule is [2H]c1c([2H])c([2H])c(-c2ccc3c(c2)N(c2cccc4c2oc2c(-n5c6c([2H])c([2H])c([2H])c([2H])c6c6c([2H])c([2H])c([2H])c([2H])c65)cccc24)c2cc(-c4ccc5c(c4)c4ccccc4n5-c4ccccc4)cc4c2B3c2ccc(-n3c5c([2H])c([2H])c([2H])c([2H])c5c5c([2H])c([2H])c([2H])c([2H])c53)cc2N4c2c(-c3ccccc3)cc(C(C)(C)C)cc2-c2ccccc2)c([2H])c1[2H]. The second-order valence-electron chi connectivity index (χ2n) is 28.3. The first-order valence-electron chi connectivity index (χ1n) is 45.9. The minimum absolute atomic E-state index is 0.0970. The molecule has 502 valence electrons. The highest BCUT2D eigenvalue weighted by molar-refractivity contribution is 7.00. The van der Waals surface area contributed by atoms with Crippen LogP contribution in [0.15, 0.2) is 362 Å². The first-order chi connectivity index (χ1) is 61.5. The van der Waals surface area contributed by atoms with Crippen molar-refractivity contribution in [2.45, 2.75) is 26.2 Å². The van der Waals surface area contributed by atoms with E-state index in [1.807, 2.05) is 115 Å². The van der Waals surface area contributed by atoms with Crippen molar-refractivity contribution >= 4 is 145 Å². The molecule has 22 rings (SSSR count). The molecule has 0 bridgehead atoms. The molecule has 0 fully saturated rings. The molecule has 0 atom stereocenters. The zero-order valence-electron chi connectivity index (χ0n) is 78.7. The maximum absolute atomic E-state index is 9.91. The Labute approximate surface area is 649 Å². The molecule has 0 aliphatic carbocycles. The molecule has 0 saturated heterocycles. The van der Waals surface area contributed by atoms with Gasteiger partial charge in [-0.1, -0.05) is 269 Å². The fraction of sp³-hybridized carbons (Fsp3) is 0.0400. The van der Waals surface area contributed by atoms with Crippen LogP contribution in [-0.2, 0) is 5.41 Å². The molecule has 0 radical (unpaired) electrons. The van der Waals surface area contributed by atoms with Crippen LogP contribution in [0.4, 0.5) is 34.1 Å². The zero-order chi connectivity index (χ0) is 89.0. The topological polar surface area (TPSA) is 34.4 Å². The number of benzene rings is 16. The first-order valence-corrected chi connectivity index (χ1v) is 35.4. The van der Waals surface area contributed by atoms with Crippen molar-refractivity contribution in [3.63, 3.8) is 0 Å². The summed E-state index contributed by atoms with van der Waals surface area (Å²) < 4.78 is 210. The van der Waals surface area contributed by atoms with Crippen molar-refractivity contribution in [1.82, 2.24) is 13.7 Å². The summed E-state index contributed by atoms with van der Waals surface area (Å²) in [7, 11) is 0. The van der Waals surface area contributed by atoms with E-state index >= 15 is 0 Å². The van der Waals surface area contributed by atoms with E-state index in [4.69, 9.17) is 14.0 Å². The van der Waals surface area contributed by atoms with Gasteiger partial charge in [0.25, 0.3) is 6.71 Å². The molecule has 0 amide bonds. The van der Waals surface area contributed by atoms with Crippen LogP contribution < -0.4 is 26.2 Å². The van der Waals surface area contributed by atoms with Crippen LogP contribution in [0.2, 0.25) is 0 Å². The number of nitrogens with zero attached hydrogens (tertiary/aromatic N) is 5. The van der Waals surface area contributed by atoms with E-state index in [2.05, 4.69) is 126 Å². The number of anilines is 6. The van der Waals surface area contributed by atoms with Crippen LogP contribution in [0.3, 0.4) is 0 Å². The monoisotopic (exact) mass is 1390 g/mol. The molecule has 20 aromatic rings. The van der Waals surface area contributed by atoms with Crippen LogP contribution in [0.25, 0.3) is 149 Å². The Balaban J connectivity index is 0.930. The van der Waals surface area contributed by atoms with E-state index in [1.165, 1.54) is 9.13 Å². The number of para-hydroxylation sites is 8. The van der Waals surface area contributed by atoms with Crippen LogP contribution >= 0.6 is 0 Å². The zero-order valence-corrected chi connectivity index (χ0v) is 57.7. The second kappa shape index (κ2) is 23.5. The van der Waals surface area contributed by atoms with Gasteiger partial charge in [-0.15, -0.1) is 0 Å². The van der Waals surface area contributed by atoms with Gasteiger partial charge in [0.1, 0.15) is 0 Å². The highest BCUT2D eigenvalue weighted by Crippen LogP contribution is 2.55. The van der Waals surface area contributed by atoms with E-state index in [-0.39, 0.29) is 77.3 Å². The summed E-state index contributed by atoms with van der Waals surface area (Å²) in [6.07, 6.45) is 0. The van der Waals surface area contributed by atoms with Gasteiger partial charge in [0, 0.05) is 88.3 Å². The van der Waals surface area contributed by atoms with E-state index in [0.29, 0.717) is 66.8 Å². The third-order valence-electron chi connectivity index (χ3n) is 21.5. The van der Waals surface area contributed by atoms with E-state index in [0.717, 1.165) is 60.9 Å². The molecule has 0 saturated carbocycles. The predicted molar refractivity (Wildman–Crippen MR) is 451 cm³/mol. The molecule has 7 heteroatoms. The van der Waals surface area contributed by atoms with Crippen LogP contribution in [-0.4, -0.2) is 20.4 Å². The lowest BCUT2D eigenvalue weighted by molar-refractivity contribution is 0.591. The van der Waals surface area contributed by atoms with Crippen molar-refractivity contribution in [3.05, 3.63) is 363 Å². The Morgan fingerprint density at radius 2 is 0.757 bits per heavy atom. The van der Waals surface area contributed by atoms with E-state index in [1.54, 1.807) is 24.3 Å². The maximum Gasteiger partial charge on any atom is 0.252 e. The summed E-state index contributed by atoms with van der Waals surface area (Å²) in [5.41, 5.74) is 13.6. The van der Waals surface area contributed by atoms with Crippen LogP contribution in [0.5, 0.6) is 0 Å². The maximum atomic E-state index is 9.91. The molecule has 107 heavy (non-hydrogen) atoms. The van der Waals surface area contributed by atoms with Gasteiger partial charge in [-0.3, -0.25) is 0 Å². The summed E-state index contributed by atoms with van der Waals surface area (Å²) in [4.78, 5) is 4.32. The van der Waals surface area contributed by atoms with Gasteiger partial charge in [0.15, 0.2) is 11.2 Å². The average Bonchev–Trinajstić information content (AvgIpc) is 1.07. The quantitative estimate of drug-likeness (QED) is 0.135. The Hall–Kier alpha value is -13.6. The molecule has 6 heterocycles. The first kappa shape index (κ1) is 43.5. The molecule has 0 unspecified atom stereocenters. The Morgan fingerprint density at radius 1 is 0.290 bits per heavy atom. The molecule has 2 aliphatic heterocycles. The molecular weight excluding hydrogens is 1300 g/mol. The number of hydrogen-bond donors (Lipinski definition) is 0. The minimum atomic E-state index is -0.876. The predicted octanol–water partition coefficient (Wildman–Crippen LogP) is 24.9. The van der Waals surface area contributed by atoms with Crippen LogP contribution in [0.1, 0.15) is 55.1 Å². The standard InChI is InChI=1S/C100H68BN5O/c1-100(2,3)69-60-79(64-30-10-5-11-31-64)97(80(61-69)65-32-12-6-13-33-65)106-93-62-71(103-84-43-21-16-36-72(84)73-37-17-22-44-85(73)103)52-54-83(93)101-82-53-50-67(63-28-8-4-9-29-63)57-92(82)105(91-49-27-42-78-77-41-26-48-90(98(77)107-99(78)91)104-87-46-24-18-38-74(87)75-39-19-25-47-88(75)104)94-58-68(59-95(106)96(94)101)66-51-55-89-81(56-66)76-40-20-23-45-86(76)102(89)70-34-14-7-15-35-70/h4-62H,1-3H3/i4D,8D,9D,16D,17D,18D,19D,21D,22D,24D,25D,28D,29D,36D,37D,38D,39D,43D,44D,46D,47D. The molecule has 2 aliphatic rings. The van der Waals surface area contributed by atoms with Gasteiger partial charge in [-0.2, -0.15) is 0 Å². The number of fused-ring (bicyclic) bond motifs is 16. The smallest absolute Gasteiger partial charge is 0.252 e. The van der Waals surface area contributed by atoms with E-state index < -0.39 is 139 Å². The van der Waals surface area contributed by atoms with Crippen molar-refractivity contribution in [3.8, 4) is 61.6 Å². The lowest BCUT2D eigenvalue weighted by Gasteiger charge is -2.45. The fourth-order valence-corrected chi connectivity index (χ4v) is 16.8. The fourth-order valence-electron chi connectivity index (χ4n) is 16.8. The third-order valence-corrected chi connectivity index (χ3v) is 21.5. The summed E-state index contributed by atoms with van der Waals surface area (Å²) in [5, 5.41) is 2.40. The average molecular weight is 1390 g/mol. The molecule has 0 spiro atoms. The summed E-state index contributed by atoms with van der Waals surface area (Å²) in [6, 6.07) is 64.2. The van der Waals surface area contributed by atoms with Crippen molar-refractivity contribution in [2.75, 3.05) is 9.80 Å². The number of aromatic nitrogens is 3. The van der Waals surface area contributed by atoms with Crippen molar-refractivity contribution < 1.29 is 33.2 Å². The summed E-state index contributed by atoms with van der Waals surface area (Å²) in [6.45, 7) is 5.62. The molecular formula is C100H68BN5O. The Morgan fingerprint density at radius 3 is 1.37 bits per heavy atom. The number of furan rings is 1. The highest BCUT2D eigenvalue weighted by Gasteiger charge is 2.46. The molecule has 4 aromatic heterocycles. The van der Waals surface area contributed by atoms with Crippen molar-refractivity contribution in [1.29, 1.82) is 0 Å². The highest BCUT2D eigenvalue weighted by atomic mass is 16.3. The van der Waals surface area contributed by atoms with Gasteiger partial charge < -0.3 is 27.9 Å². The molecule has 0 N–H and O–H groups in total. The lowest BCUT2D eigenvalue weighted by atomic mass is 9.33. The van der Waals surface area contributed by atoms with Gasteiger partial charge in [-0.25, -0.2) is 0 Å². The van der Waals surface area contributed by atoms with Crippen molar-refractivity contribution in [2.24, 2.45) is 0 Å². The normalized spacial score (nSPS) is 15.5. The van der Waals surface area contributed by atoms with Gasteiger partial charge >= 0.3 is 0 Å². The van der Waals surface area contributed by atoms with Crippen LogP contribution in [0, 0.1) is 0 Å².